The summed E-state index contributed by atoms with van der Waals surface area (Å²) in [6, 6.07) is 11.1. The van der Waals surface area contributed by atoms with Gasteiger partial charge in [0.05, 0.1) is 29.1 Å². The van der Waals surface area contributed by atoms with Crippen LogP contribution in [0.15, 0.2) is 41.2 Å². The smallest absolute Gasteiger partial charge is 0.259 e. The first-order chi connectivity index (χ1) is 13.9. The molecule has 152 valence electrons. The number of rotatable bonds is 7. The summed E-state index contributed by atoms with van der Waals surface area (Å²) >= 11 is 6.49. The van der Waals surface area contributed by atoms with Crippen molar-refractivity contribution in [3.63, 3.8) is 0 Å². The predicted octanol–water partition coefficient (Wildman–Crippen LogP) is 5.40. The normalized spacial score (nSPS) is 11.9. The second-order valence-electron chi connectivity index (χ2n) is 7.22. The van der Waals surface area contributed by atoms with Crippen molar-refractivity contribution in [3.8, 4) is 11.5 Å². The minimum absolute atomic E-state index is 0.215. The fourth-order valence-corrected chi connectivity index (χ4v) is 3.11. The number of H-pyrrole nitrogens is 1. The first-order valence-electron chi connectivity index (χ1n) is 9.66. The van der Waals surface area contributed by atoms with E-state index in [9.17, 15) is 4.79 Å². The van der Waals surface area contributed by atoms with Gasteiger partial charge in [-0.2, -0.15) is 0 Å². The maximum Gasteiger partial charge on any atom is 0.259 e. The molecule has 5 nitrogen and oxygen atoms in total. The SMILES string of the molecule is CCOc1cc(/C=C(\Cl)c2nc3c(C)cccc3c(=O)[nH]2)ccc1OCC(C)C. The average Bonchev–Trinajstić information content (AvgIpc) is 2.68. The van der Waals surface area contributed by atoms with E-state index in [4.69, 9.17) is 21.1 Å². The molecule has 0 spiro atoms. The van der Waals surface area contributed by atoms with E-state index < -0.39 is 0 Å². The number of benzene rings is 2. The molecule has 0 saturated carbocycles. The van der Waals surface area contributed by atoms with Gasteiger partial charge in [0.1, 0.15) is 0 Å². The summed E-state index contributed by atoms with van der Waals surface area (Å²) in [6.45, 7) is 9.16. The van der Waals surface area contributed by atoms with Gasteiger partial charge in [-0.3, -0.25) is 4.79 Å². The van der Waals surface area contributed by atoms with Crippen LogP contribution in [0.25, 0.3) is 22.0 Å². The Bertz CT molecular complexity index is 1100. The van der Waals surface area contributed by atoms with Crippen LogP contribution in [0.1, 0.15) is 37.7 Å². The van der Waals surface area contributed by atoms with Crippen LogP contribution in [0.4, 0.5) is 0 Å². The number of fused-ring (bicyclic) bond motifs is 1. The monoisotopic (exact) mass is 412 g/mol. The van der Waals surface area contributed by atoms with E-state index in [1.807, 2.05) is 44.2 Å². The Labute approximate surface area is 175 Å². The van der Waals surface area contributed by atoms with Gasteiger partial charge in [0.2, 0.25) is 0 Å². The van der Waals surface area contributed by atoms with Gasteiger partial charge >= 0.3 is 0 Å². The van der Waals surface area contributed by atoms with Crippen LogP contribution < -0.4 is 15.0 Å². The predicted molar refractivity (Wildman–Crippen MR) is 119 cm³/mol. The lowest BCUT2D eigenvalue weighted by atomic mass is 10.1. The minimum Gasteiger partial charge on any atom is -0.490 e. The summed E-state index contributed by atoms with van der Waals surface area (Å²) in [6.07, 6.45) is 1.75. The Morgan fingerprint density at radius 2 is 2.00 bits per heavy atom. The molecule has 0 atom stereocenters. The third-order valence-electron chi connectivity index (χ3n) is 4.30. The molecular formula is C23H25ClN2O3. The maximum absolute atomic E-state index is 12.4. The lowest BCUT2D eigenvalue weighted by Crippen LogP contribution is -2.11. The highest BCUT2D eigenvalue weighted by Gasteiger charge is 2.11. The number of aromatic nitrogens is 2. The molecule has 0 aliphatic heterocycles. The number of ether oxygens (including phenoxy) is 2. The Morgan fingerprint density at radius 3 is 2.72 bits per heavy atom. The van der Waals surface area contributed by atoms with E-state index in [1.165, 1.54) is 0 Å². The van der Waals surface area contributed by atoms with Gasteiger partial charge in [0.25, 0.3) is 5.56 Å². The van der Waals surface area contributed by atoms with E-state index in [0.717, 1.165) is 11.1 Å². The molecule has 3 aromatic rings. The summed E-state index contributed by atoms with van der Waals surface area (Å²) in [7, 11) is 0. The first kappa shape index (κ1) is 20.9. The highest BCUT2D eigenvalue weighted by molar-refractivity contribution is 6.50. The van der Waals surface area contributed by atoms with Gasteiger partial charge in [-0.05, 0) is 55.2 Å². The lowest BCUT2D eigenvalue weighted by molar-refractivity contribution is 0.248. The molecule has 0 amide bonds. The molecule has 0 saturated heterocycles. The van der Waals surface area contributed by atoms with Gasteiger partial charge in [-0.25, -0.2) is 4.98 Å². The Kier molecular flexibility index (Phi) is 6.60. The maximum atomic E-state index is 12.4. The molecule has 1 heterocycles. The molecule has 1 N–H and O–H groups in total. The molecule has 0 aliphatic rings. The molecular weight excluding hydrogens is 388 g/mol. The van der Waals surface area contributed by atoms with Crippen molar-refractivity contribution in [3.05, 3.63) is 63.7 Å². The number of aromatic amines is 1. The Morgan fingerprint density at radius 1 is 1.21 bits per heavy atom. The van der Waals surface area contributed by atoms with Gasteiger partial charge in [-0.15, -0.1) is 0 Å². The van der Waals surface area contributed by atoms with Crippen molar-refractivity contribution in [1.29, 1.82) is 0 Å². The zero-order valence-electron chi connectivity index (χ0n) is 17.1. The number of nitrogens with one attached hydrogen (secondary N) is 1. The van der Waals surface area contributed by atoms with Crippen molar-refractivity contribution in [2.75, 3.05) is 13.2 Å². The quantitative estimate of drug-likeness (QED) is 0.564. The number of halogens is 1. The van der Waals surface area contributed by atoms with Gasteiger partial charge < -0.3 is 14.5 Å². The first-order valence-corrected chi connectivity index (χ1v) is 10.0. The van der Waals surface area contributed by atoms with Crippen LogP contribution in [0.5, 0.6) is 11.5 Å². The fraction of sp³-hybridized carbons (Fsp3) is 0.304. The third-order valence-corrected chi connectivity index (χ3v) is 4.59. The third kappa shape index (κ3) is 4.98. The van der Waals surface area contributed by atoms with Crippen LogP contribution in [0.3, 0.4) is 0 Å². The standard InChI is InChI=1S/C23H25ClN2O3/c1-5-28-20-12-16(9-10-19(20)29-13-14(2)3)11-18(24)22-25-21-15(4)7-6-8-17(21)23(27)26-22/h6-12,14H,5,13H2,1-4H3,(H,25,26,27)/b18-11-. The van der Waals surface area contributed by atoms with E-state index in [0.29, 0.717) is 52.4 Å². The van der Waals surface area contributed by atoms with E-state index in [1.54, 1.807) is 12.1 Å². The van der Waals surface area contributed by atoms with Gasteiger partial charge in [0, 0.05) is 0 Å². The number of para-hydroxylation sites is 1. The molecule has 1 aromatic heterocycles. The number of hydrogen-bond acceptors (Lipinski definition) is 4. The Balaban J connectivity index is 1.97. The molecule has 29 heavy (non-hydrogen) atoms. The second-order valence-corrected chi connectivity index (χ2v) is 7.63. The number of hydrogen-bond donors (Lipinski definition) is 1. The van der Waals surface area contributed by atoms with Crippen molar-refractivity contribution < 1.29 is 9.47 Å². The van der Waals surface area contributed by atoms with Crippen molar-refractivity contribution in [1.82, 2.24) is 9.97 Å². The molecule has 0 unspecified atom stereocenters. The van der Waals surface area contributed by atoms with E-state index >= 15 is 0 Å². The molecule has 2 aromatic carbocycles. The summed E-state index contributed by atoms with van der Waals surface area (Å²) in [5.41, 5.74) is 2.17. The summed E-state index contributed by atoms with van der Waals surface area (Å²) < 4.78 is 11.6. The Hall–Kier alpha value is -2.79. The molecule has 0 radical (unpaired) electrons. The summed E-state index contributed by atoms with van der Waals surface area (Å²) in [5.74, 6) is 2.10. The number of nitrogens with zero attached hydrogens (tertiary/aromatic N) is 1. The van der Waals surface area contributed by atoms with Crippen LogP contribution in [0.2, 0.25) is 0 Å². The van der Waals surface area contributed by atoms with Gasteiger partial charge in [-0.1, -0.05) is 43.6 Å². The van der Waals surface area contributed by atoms with Gasteiger partial charge in [0.15, 0.2) is 17.3 Å². The number of aryl methyl sites for hydroxylation is 1. The van der Waals surface area contributed by atoms with Crippen LogP contribution in [0, 0.1) is 12.8 Å². The lowest BCUT2D eigenvalue weighted by Gasteiger charge is -2.14. The molecule has 3 rings (SSSR count). The average molecular weight is 413 g/mol. The molecule has 0 aliphatic carbocycles. The minimum atomic E-state index is -0.215. The van der Waals surface area contributed by atoms with E-state index in [-0.39, 0.29) is 5.56 Å². The zero-order valence-corrected chi connectivity index (χ0v) is 17.8. The summed E-state index contributed by atoms with van der Waals surface area (Å²) in [4.78, 5) is 19.7. The van der Waals surface area contributed by atoms with Crippen LogP contribution in [-0.2, 0) is 0 Å². The molecule has 6 heteroatoms. The molecule has 0 bridgehead atoms. The summed E-state index contributed by atoms with van der Waals surface area (Å²) in [5, 5.41) is 0.883. The fourth-order valence-electron chi connectivity index (χ4n) is 2.89. The second kappa shape index (κ2) is 9.14. The van der Waals surface area contributed by atoms with Crippen LogP contribution >= 0.6 is 11.6 Å². The topological polar surface area (TPSA) is 64.2 Å². The van der Waals surface area contributed by atoms with E-state index in [2.05, 4.69) is 23.8 Å². The highest BCUT2D eigenvalue weighted by atomic mass is 35.5. The highest BCUT2D eigenvalue weighted by Crippen LogP contribution is 2.31. The van der Waals surface area contributed by atoms with Crippen LogP contribution in [-0.4, -0.2) is 23.2 Å². The van der Waals surface area contributed by atoms with Crippen molar-refractivity contribution in [2.24, 2.45) is 5.92 Å². The van der Waals surface area contributed by atoms with Crippen molar-refractivity contribution >= 4 is 33.6 Å². The largest absolute Gasteiger partial charge is 0.490 e. The molecule has 0 fully saturated rings. The van der Waals surface area contributed by atoms with Crippen molar-refractivity contribution in [2.45, 2.75) is 27.7 Å². The zero-order chi connectivity index (χ0) is 21.0.